The van der Waals surface area contributed by atoms with Gasteiger partial charge in [0.05, 0.1) is 6.61 Å². The third-order valence-electron chi connectivity index (χ3n) is 3.72. The summed E-state index contributed by atoms with van der Waals surface area (Å²) in [4.78, 5) is 0. The summed E-state index contributed by atoms with van der Waals surface area (Å²) < 4.78 is 41.2. The van der Waals surface area contributed by atoms with E-state index in [4.69, 9.17) is 9.47 Å². The number of unbranched alkanes of at least 4 members (excludes halogenated alkanes) is 6. The van der Waals surface area contributed by atoms with Crippen LogP contribution in [0, 0.1) is 0 Å². The monoisotopic (exact) mass is 380 g/mol. The number of ether oxygens (including phenoxy) is 2. The Balaban J connectivity index is 0.00000576. The molecule has 5 nitrogen and oxygen atoms in total. The predicted octanol–water partition coefficient (Wildman–Crippen LogP) is 0.882. The van der Waals surface area contributed by atoms with Crippen LogP contribution in [0.4, 0.5) is 0 Å². The molecule has 0 aliphatic heterocycles. The van der Waals surface area contributed by atoms with Crippen molar-refractivity contribution >= 4 is 10.1 Å². The molecule has 0 radical (unpaired) electrons. The van der Waals surface area contributed by atoms with Gasteiger partial charge in [-0.05, 0) is 30.5 Å². The average Bonchev–Trinajstić information content (AvgIpc) is 2.54. The minimum Gasteiger partial charge on any atom is -0.746 e. The molecule has 1 aromatic carbocycles. The Kier molecular flexibility index (Phi) is 14.9. The summed E-state index contributed by atoms with van der Waals surface area (Å²) in [5.74, 6) is -0.0970. The van der Waals surface area contributed by atoms with Crippen molar-refractivity contribution in [2.24, 2.45) is 0 Å². The number of benzene rings is 1. The zero-order valence-electron chi connectivity index (χ0n) is 15.5. The summed E-state index contributed by atoms with van der Waals surface area (Å²) in [6, 6.07) is 7.91. The van der Waals surface area contributed by atoms with Crippen LogP contribution in [-0.2, 0) is 21.3 Å². The van der Waals surface area contributed by atoms with Gasteiger partial charge in [0.1, 0.15) is 28.4 Å². The topological polar surface area (TPSA) is 75.7 Å². The molecule has 0 aliphatic rings. The van der Waals surface area contributed by atoms with Gasteiger partial charge in [0.15, 0.2) is 0 Å². The van der Waals surface area contributed by atoms with E-state index in [-0.39, 0.29) is 42.8 Å². The van der Waals surface area contributed by atoms with E-state index in [1.54, 1.807) is 0 Å². The summed E-state index contributed by atoms with van der Waals surface area (Å²) in [6.45, 7) is 2.52. The van der Waals surface area contributed by atoms with E-state index in [1.165, 1.54) is 50.5 Å². The summed E-state index contributed by atoms with van der Waals surface area (Å²) in [5.41, 5.74) is 1.30. The molecule has 0 unspecified atom stereocenters. The molecule has 0 atom stereocenters. The first-order chi connectivity index (χ1) is 11.5. The molecular weight excluding hydrogens is 351 g/mol. The van der Waals surface area contributed by atoms with Gasteiger partial charge in [0.25, 0.3) is 0 Å². The molecule has 0 amide bonds. The van der Waals surface area contributed by atoms with Crippen molar-refractivity contribution in [3.8, 4) is 5.75 Å². The van der Waals surface area contributed by atoms with E-state index in [1.807, 2.05) is 12.1 Å². The SMILES string of the molecule is CCCCCCCCCc1ccc(OCCOCS(=O)(=O)[O-])cc1.[Na+]. The van der Waals surface area contributed by atoms with Crippen molar-refractivity contribution in [3.05, 3.63) is 29.8 Å². The van der Waals surface area contributed by atoms with E-state index >= 15 is 0 Å². The fraction of sp³-hybridized carbons (Fsp3) is 0.667. The van der Waals surface area contributed by atoms with Crippen LogP contribution < -0.4 is 34.3 Å². The molecule has 0 saturated carbocycles. The Morgan fingerprint density at radius 2 is 1.52 bits per heavy atom. The summed E-state index contributed by atoms with van der Waals surface area (Å²) in [5, 5.41) is 0. The molecule has 138 valence electrons. The largest absolute Gasteiger partial charge is 1.00 e. The van der Waals surface area contributed by atoms with Gasteiger partial charge in [-0.25, -0.2) is 8.42 Å². The zero-order valence-corrected chi connectivity index (χ0v) is 18.4. The van der Waals surface area contributed by atoms with Crippen LogP contribution in [0.5, 0.6) is 5.75 Å². The molecule has 0 spiro atoms. The van der Waals surface area contributed by atoms with Gasteiger partial charge in [-0.15, -0.1) is 0 Å². The quantitative estimate of drug-likeness (QED) is 0.272. The molecule has 0 aromatic heterocycles. The van der Waals surface area contributed by atoms with Crippen LogP contribution in [0.3, 0.4) is 0 Å². The van der Waals surface area contributed by atoms with Crippen molar-refractivity contribution in [2.75, 3.05) is 19.2 Å². The second kappa shape index (κ2) is 15.0. The second-order valence-electron chi connectivity index (χ2n) is 5.95. The number of hydrogen-bond donors (Lipinski definition) is 0. The third-order valence-corrected chi connectivity index (χ3v) is 4.17. The van der Waals surface area contributed by atoms with Crippen LogP contribution in [-0.4, -0.2) is 32.1 Å². The molecule has 1 rings (SSSR count). The maximum atomic E-state index is 10.4. The number of hydrogen-bond acceptors (Lipinski definition) is 5. The Hall–Kier alpha value is -0.110. The molecule has 0 bridgehead atoms. The van der Waals surface area contributed by atoms with Crippen LogP contribution in [0.25, 0.3) is 0 Å². The molecule has 7 heteroatoms. The number of aryl methyl sites for hydroxylation is 1. The Morgan fingerprint density at radius 3 is 2.12 bits per heavy atom. The molecule has 0 saturated heterocycles. The van der Waals surface area contributed by atoms with Gasteiger partial charge in [0, 0.05) is 0 Å². The fourth-order valence-electron chi connectivity index (χ4n) is 2.42. The van der Waals surface area contributed by atoms with Crippen molar-refractivity contribution in [2.45, 2.75) is 58.3 Å². The van der Waals surface area contributed by atoms with Gasteiger partial charge in [-0.2, -0.15) is 0 Å². The smallest absolute Gasteiger partial charge is 0.746 e. The molecule has 0 N–H and O–H groups in total. The second-order valence-corrected chi connectivity index (χ2v) is 7.30. The maximum Gasteiger partial charge on any atom is 1.00 e. The van der Waals surface area contributed by atoms with Crippen LogP contribution in [0.2, 0.25) is 0 Å². The normalized spacial score (nSPS) is 11.1. The van der Waals surface area contributed by atoms with E-state index in [9.17, 15) is 13.0 Å². The van der Waals surface area contributed by atoms with E-state index in [0.29, 0.717) is 5.75 Å². The molecule has 0 aliphatic carbocycles. The Morgan fingerprint density at radius 1 is 0.920 bits per heavy atom. The van der Waals surface area contributed by atoms with Gasteiger partial charge >= 0.3 is 29.6 Å². The van der Waals surface area contributed by atoms with Crippen LogP contribution in [0.15, 0.2) is 24.3 Å². The first-order valence-corrected chi connectivity index (χ1v) is 10.3. The van der Waals surface area contributed by atoms with Gasteiger partial charge < -0.3 is 14.0 Å². The first kappa shape index (κ1) is 24.9. The summed E-state index contributed by atoms with van der Waals surface area (Å²) in [7, 11) is -4.32. The minimum atomic E-state index is -4.32. The van der Waals surface area contributed by atoms with Crippen molar-refractivity contribution in [3.63, 3.8) is 0 Å². The molecule has 25 heavy (non-hydrogen) atoms. The summed E-state index contributed by atoms with van der Waals surface area (Å²) >= 11 is 0. The molecule has 0 heterocycles. The van der Waals surface area contributed by atoms with E-state index in [2.05, 4.69) is 19.1 Å². The van der Waals surface area contributed by atoms with E-state index < -0.39 is 16.1 Å². The average molecular weight is 380 g/mol. The predicted molar refractivity (Wildman–Crippen MR) is 94.2 cm³/mol. The van der Waals surface area contributed by atoms with Gasteiger partial charge in [-0.1, -0.05) is 57.6 Å². The molecular formula is C18H29NaO5S. The minimum absolute atomic E-state index is 0. The molecule has 1 aromatic rings. The Bertz CT molecular complexity index is 531. The van der Waals surface area contributed by atoms with Crippen molar-refractivity contribution < 1.29 is 52.0 Å². The van der Waals surface area contributed by atoms with Gasteiger partial charge in [0.2, 0.25) is 0 Å². The number of rotatable bonds is 14. The fourth-order valence-corrected chi connectivity index (χ4v) is 2.74. The van der Waals surface area contributed by atoms with Crippen molar-refractivity contribution in [1.29, 1.82) is 0 Å². The van der Waals surface area contributed by atoms with Crippen LogP contribution in [0.1, 0.15) is 57.4 Å². The summed E-state index contributed by atoms with van der Waals surface area (Å²) in [6.07, 6.45) is 10.2. The third kappa shape index (κ3) is 14.7. The first-order valence-electron chi connectivity index (χ1n) is 8.74. The standard InChI is InChI=1S/C18H30O5S.Na/c1-2-3-4-5-6-7-8-9-17-10-12-18(13-11-17)23-15-14-22-16-24(19,20)21;/h10-13H,2-9,14-16H2,1H3,(H,19,20,21);/q;+1/p-1. The van der Waals surface area contributed by atoms with Gasteiger partial charge in [-0.3, -0.25) is 0 Å². The molecule has 0 fully saturated rings. The van der Waals surface area contributed by atoms with Crippen LogP contribution >= 0.6 is 0 Å². The van der Waals surface area contributed by atoms with Crippen molar-refractivity contribution in [1.82, 2.24) is 0 Å². The maximum absolute atomic E-state index is 10.4. The van der Waals surface area contributed by atoms with E-state index in [0.717, 1.165) is 6.42 Å². The Labute approximate surface area is 174 Å². The zero-order chi connectivity index (χ0) is 17.7.